The number of methoxy groups -OCH3 is 1. The van der Waals surface area contributed by atoms with E-state index in [4.69, 9.17) is 9.57 Å². The van der Waals surface area contributed by atoms with Crippen LogP contribution in [0.15, 0.2) is 41.6 Å². The Balaban J connectivity index is 1.11. The zero-order chi connectivity index (χ0) is 24.9. The van der Waals surface area contributed by atoms with Gasteiger partial charge in [0, 0.05) is 38.3 Å². The molecule has 1 aliphatic carbocycles. The van der Waals surface area contributed by atoms with Crippen molar-refractivity contribution in [2.45, 2.75) is 50.2 Å². The molecule has 0 atom stereocenters. The minimum atomic E-state index is -0.698. The summed E-state index contributed by atoms with van der Waals surface area (Å²) in [5.74, 6) is 1.18. The second-order valence-electron chi connectivity index (χ2n) is 10.7. The summed E-state index contributed by atoms with van der Waals surface area (Å²) in [6, 6.07) is 11.1. The van der Waals surface area contributed by atoms with Crippen LogP contribution in [0.2, 0.25) is 0 Å². The number of ether oxygens (including phenoxy) is 1. The first kappa shape index (κ1) is 23.3. The average Bonchev–Trinajstić information content (AvgIpc) is 3.62. The molecule has 4 aliphatic rings. The molecule has 36 heavy (non-hydrogen) atoms. The van der Waals surface area contributed by atoms with E-state index >= 15 is 0 Å². The summed E-state index contributed by atoms with van der Waals surface area (Å²) in [7, 11) is 1.70. The number of oxime groups is 1. The Morgan fingerprint density at radius 3 is 2.53 bits per heavy atom. The van der Waals surface area contributed by atoms with Crippen molar-refractivity contribution in [2.75, 3.05) is 33.3 Å². The van der Waals surface area contributed by atoms with Crippen LogP contribution in [0.1, 0.15) is 49.1 Å². The van der Waals surface area contributed by atoms with Crippen molar-refractivity contribution in [1.82, 2.24) is 9.80 Å². The molecule has 0 radical (unpaired) electrons. The molecule has 0 amide bonds. The molecule has 6 rings (SSSR count). The third-order valence-electron chi connectivity index (χ3n) is 8.08. The zero-order valence-corrected chi connectivity index (χ0v) is 20.6. The molecule has 2 saturated heterocycles. The van der Waals surface area contributed by atoms with Gasteiger partial charge in [0.1, 0.15) is 17.4 Å². The van der Waals surface area contributed by atoms with E-state index < -0.39 is 5.97 Å². The quantitative estimate of drug-likeness (QED) is 0.640. The van der Waals surface area contributed by atoms with Gasteiger partial charge in [-0.25, -0.2) is 4.39 Å². The molecule has 2 aromatic rings. The minimum absolute atomic E-state index is 0.229. The fraction of sp³-hybridized carbons (Fsp3) is 0.500. The van der Waals surface area contributed by atoms with E-state index in [1.807, 2.05) is 12.1 Å². The molecule has 3 aliphatic heterocycles. The predicted molar refractivity (Wildman–Crippen MR) is 133 cm³/mol. The lowest BCUT2D eigenvalue weighted by atomic mass is 9.88. The number of carboxylic acid groups (broad SMARTS) is 1. The minimum Gasteiger partial charge on any atom is -0.496 e. The van der Waals surface area contributed by atoms with Gasteiger partial charge in [0.15, 0.2) is 5.60 Å². The lowest BCUT2D eigenvalue weighted by Gasteiger charge is -2.45. The number of carboxylic acids is 1. The van der Waals surface area contributed by atoms with Gasteiger partial charge in [0.05, 0.1) is 19.4 Å². The molecular formula is C28H32FN3O4. The fourth-order valence-corrected chi connectivity index (χ4v) is 5.92. The number of benzene rings is 2. The van der Waals surface area contributed by atoms with Crippen molar-refractivity contribution < 1.29 is 23.9 Å². The highest BCUT2D eigenvalue weighted by Crippen LogP contribution is 2.47. The standard InChI is InChI=1S/C28H32FN3O4/c1-35-25-13-24(19-4-6-22(29)7-5-19)23(18-2-3-18)12-21(25)15-31-16-28(17-31)14-26(30-36-28)32-10-8-20(9-11-32)27(33)34/h4-7,12-13,18,20H,2-3,8-11,14-17H2,1H3,(H,33,34). The number of carbonyl (C=O) groups is 1. The zero-order valence-electron chi connectivity index (χ0n) is 20.6. The SMILES string of the molecule is COc1cc(-c2ccc(F)cc2)c(C2CC2)cc1CN1CC2(CC(N3CCC(C(=O)O)CC3)=NO2)C1. The molecule has 1 saturated carbocycles. The maximum absolute atomic E-state index is 13.5. The van der Waals surface area contributed by atoms with Crippen LogP contribution in [-0.2, 0) is 16.2 Å². The second kappa shape index (κ2) is 9.07. The van der Waals surface area contributed by atoms with Crippen LogP contribution in [-0.4, -0.2) is 65.6 Å². The van der Waals surface area contributed by atoms with E-state index in [2.05, 4.69) is 27.1 Å². The summed E-state index contributed by atoms with van der Waals surface area (Å²) >= 11 is 0. The molecule has 2 aromatic carbocycles. The van der Waals surface area contributed by atoms with E-state index in [9.17, 15) is 14.3 Å². The van der Waals surface area contributed by atoms with E-state index in [0.29, 0.717) is 18.8 Å². The Kier molecular flexibility index (Phi) is 5.86. The van der Waals surface area contributed by atoms with Gasteiger partial charge >= 0.3 is 5.97 Å². The van der Waals surface area contributed by atoms with Crippen LogP contribution in [0.3, 0.4) is 0 Å². The second-order valence-corrected chi connectivity index (χ2v) is 10.7. The smallest absolute Gasteiger partial charge is 0.306 e. The first-order chi connectivity index (χ1) is 17.4. The highest BCUT2D eigenvalue weighted by Gasteiger charge is 2.51. The van der Waals surface area contributed by atoms with Gasteiger partial charge in [-0.05, 0) is 72.6 Å². The Labute approximate surface area is 210 Å². The van der Waals surface area contributed by atoms with Crippen LogP contribution >= 0.6 is 0 Å². The molecule has 1 spiro atoms. The normalized spacial score (nSPS) is 21.7. The number of rotatable bonds is 6. The highest BCUT2D eigenvalue weighted by atomic mass is 19.1. The molecule has 7 nitrogen and oxygen atoms in total. The number of piperidine rings is 1. The summed E-state index contributed by atoms with van der Waals surface area (Å²) in [6.45, 7) is 3.82. The topological polar surface area (TPSA) is 74.6 Å². The fourth-order valence-electron chi connectivity index (χ4n) is 5.92. The van der Waals surface area contributed by atoms with Crippen molar-refractivity contribution in [3.05, 3.63) is 53.3 Å². The summed E-state index contributed by atoms with van der Waals surface area (Å²) in [5, 5.41) is 13.6. The van der Waals surface area contributed by atoms with E-state index in [1.165, 1.54) is 30.5 Å². The Hall–Kier alpha value is -3.13. The number of halogens is 1. The van der Waals surface area contributed by atoms with Crippen molar-refractivity contribution in [2.24, 2.45) is 11.1 Å². The summed E-state index contributed by atoms with van der Waals surface area (Å²) in [4.78, 5) is 21.7. The average molecular weight is 494 g/mol. The van der Waals surface area contributed by atoms with Crippen LogP contribution in [0.25, 0.3) is 11.1 Å². The van der Waals surface area contributed by atoms with E-state index in [-0.39, 0.29) is 17.3 Å². The summed E-state index contributed by atoms with van der Waals surface area (Å²) in [5.41, 5.74) is 4.35. The lowest BCUT2D eigenvalue weighted by molar-refractivity contribution is -0.143. The molecule has 1 N–H and O–H groups in total. The summed E-state index contributed by atoms with van der Waals surface area (Å²) in [6.07, 6.45) is 4.46. The number of amidine groups is 1. The van der Waals surface area contributed by atoms with Gasteiger partial charge in [-0.15, -0.1) is 0 Å². The van der Waals surface area contributed by atoms with Gasteiger partial charge < -0.3 is 19.6 Å². The van der Waals surface area contributed by atoms with E-state index in [1.54, 1.807) is 7.11 Å². The molecule has 8 heteroatoms. The highest BCUT2D eigenvalue weighted by molar-refractivity contribution is 5.84. The van der Waals surface area contributed by atoms with Crippen LogP contribution in [0.5, 0.6) is 5.75 Å². The third-order valence-corrected chi connectivity index (χ3v) is 8.08. The van der Waals surface area contributed by atoms with Crippen LogP contribution in [0.4, 0.5) is 4.39 Å². The van der Waals surface area contributed by atoms with E-state index in [0.717, 1.165) is 67.4 Å². The number of nitrogens with zero attached hydrogens (tertiary/aromatic N) is 3. The lowest BCUT2D eigenvalue weighted by Crippen LogP contribution is -2.61. The number of hydrogen-bond donors (Lipinski definition) is 1. The molecule has 0 bridgehead atoms. The molecular weight excluding hydrogens is 461 g/mol. The van der Waals surface area contributed by atoms with Gasteiger partial charge in [-0.3, -0.25) is 9.69 Å². The van der Waals surface area contributed by atoms with Crippen molar-refractivity contribution in [3.8, 4) is 16.9 Å². The third kappa shape index (κ3) is 4.43. The van der Waals surface area contributed by atoms with Crippen LogP contribution < -0.4 is 4.74 Å². The Morgan fingerprint density at radius 1 is 1.17 bits per heavy atom. The van der Waals surface area contributed by atoms with Gasteiger partial charge in [-0.1, -0.05) is 17.3 Å². The van der Waals surface area contributed by atoms with Crippen molar-refractivity contribution in [1.29, 1.82) is 0 Å². The number of likely N-dealkylation sites (tertiary alicyclic amines) is 2. The number of hydrogen-bond acceptors (Lipinski definition) is 6. The van der Waals surface area contributed by atoms with Crippen LogP contribution in [0, 0.1) is 11.7 Å². The van der Waals surface area contributed by atoms with Gasteiger partial charge in [0.2, 0.25) is 0 Å². The van der Waals surface area contributed by atoms with Crippen molar-refractivity contribution in [3.63, 3.8) is 0 Å². The van der Waals surface area contributed by atoms with Crippen molar-refractivity contribution >= 4 is 11.8 Å². The Bertz CT molecular complexity index is 1180. The maximum atomic E-state index is 13.5. The predicted octanol–water partition coefficient (Wildman–Crippen LogP) is 4.46. The molecule has 0 unspecified atom stereocenters. The first-order valence-electron chi connectivity index (χ1n) is 12.8. The largest absolute Gasteiger partial charge is 0.496 e. The molecule has 0 aromatic heterocycles. The molecule has 3 fully saturated rings. The Morgan fingerprint density at radius 2 is 1.89 bits per heavy atom. The molecule has 3 heterocycles. The number of aliphatic carboxylic acids is 1. The monoisotopic (exact) mass is 493 g/mol. The van der Waals surface area contributed by atoms with Gasteiger partial charge in [-0.2, -0.15) is 0 Å². The summed E-state index contributed by atoms with van der Waals surface area (Å²) < 4.78 is 19.3. The first-order valence-corrected chi connectivity index (χ1v) is 12.8. The maximum Gasteiger partial charge on any atom is 0.306 e. The van der Waals surface area contributed by atoms with Gasteiger partial charge in [0.25, 0.3) is 0 Å². The molecule has 190 valence electrons.